The van der Waals surface area contributed by atoms with Gasteiger partial charge in [0.25, 0.3) is 0 Å². The molecule has 0 heteroatoms. The third-order valence-electron chi connectivity index (χ3n) is 7.48. The third-order valence-corrected chi connectivity index (χ3v) is 7.48. The molecule has 0 unspecified atom stereocenters. The van der Waals surface area contributed by atoms with Crippen molar-refractivity contribution in [2.24, 2.45) is 0 Å². The Morgan fingerprint density at radius 3 is 1.50 bits per heavy atom. The monoisotopic (exact) mass is 434 g/mol. The van der Waals surface area contributed by atoms with Crippen LogP contribution in [0.1, 0.15) is 26.3 Å². The van der Waals surface area contributed by atoms with Crippen LogP contribution in [0.15, 0.2) is 103 Å². The number of rotatable bonds is 1. The molecule has 0 bridgehead atoms. The molecule has 0 aliphatic heterocycles. The number of fused-ring (bicyclic) bond motifs is 2. The zero-order valence-corrected chi connectivity index (χ0v) is 19.8. The smallest absolute Gasteiger partial charge is 0.00204 e. The summed E-state index contributed by atoms with van der Waals surface area (Å²) in [6.07, 6.45) is 0. The first-order chi connectivity index (χ1) is 16.5. The lowest BCUT2D eigenvalue weighted by atomic mass is 9.77. The molecule has 0 N–H and O–H groups in total. The highest BCUT2D eigenvalue weighted by molar-refractivity contribution is 6.28. The van der Waals surface area contributed by atoms with Gasteiger partial charge >= 0.3 is 0 Å². The van der Waals surface area contributed by atoms with Crippen LogP contribution < -0.4 is 0 Å². The largest absolute Gasteiger partial charge is 0.0616 e. The highest BCUT2D eigenvalue weighted by Crippen LogP contribution is 2.46. The van der Waals surface area contributed by atoms with E-state index < -0.39 is 0 Å². The molecule has 0 heterocycles. The van der Waals surface area contributed by atoms with Crippen molar-refractivity contribution >= 4 is 53.9 Å². The van der Waals surface area contributed by atoms with E-state index in [1.54, 1.807) is 0 Å². The van der Waals surface area contributed by atoms with Gasteiger partial charge in [-0.2, -0.15) is 0 Å². The van der Waals surface area contributed by atoms with Crippen LogP contribution in [0, 0.1) is 0 Å². The van der Waals surface area contributed by atoms with Gasteiger partial charge < -0.3 is 0 Å². The van der Waals surface area contributed by atoms with Crippen LogP contribution in [0.2, 0.25) is 0 Å². The lowest BCUT2D eigenvalue weighted by Crippen LogP contribution is -2.13. The average Bonchev–Trinajstić information content (AvgIpc) is 2.85. The van der Waals surface area contributed by atoms with Crippen LogP contribution in [-0.4, -0.2) is 0 Å². The fourth-order valence-electron chi connectivity index (χ4n) is 6.18. The summed E-state index contributed by atoms with van der Waals surface area (Å²) in [4.78, 5) is 0. The zero-order chi connectivity index (χ0) is 23.0. The van der Waals surface area contributed by atoms with Crippen molar-refractivity contribution in [3.05, 3.63) is 109 Å². The van der Waals surface area contributed by atoms with Crippen molar-refractivity contribution in [3.63, 3.8) is 0 Å². The Kier molecular flexibility index (Phi) is 3.92. The van der Waals surface area contributed by atoms with Crippen molar-refractivity contribution in [2.75, 3.05) is 0 Å². The second-order valence-electron chi connectivity index (χ2n) is 10.6. The van der Waals surface area contributed by atoms with E-state index in [0.717, 1.165) is 0 Å². The summed E-state index contributed by atoms with van der Waals surface area (Å²) in [7, 11) is 0. The summed E-state index contributed by atoms with van der Waals surface area (Å²) < 4.78 is 0. The second-order valence-corrected chi connectivity index (χ2v) is 10.6. The van der Waals surface area contributed by atoms with E-state index in [1.165, 1.54) is 70.6 Å². The van der Waals surface area contributed by atoms with E-state index in [0.29, 0.717) is 0 Å². The molecule has 0 aliphatic carbocycles. The molecule has 7 rings (SSSR count). The minimum atomic E-state index is 0.0421. The molecule has 0 amide bonds. The summed E-state index contributed by atoms with van der Waals surface area (Å²) in [6, 6.07) is 38.4. The van der Waals surface area contributed by atoms with Gasteiger partial charge in [-0.25, -0.2) is 0 Å². The van der Waals surface area contributed by atoms with E-state index in [9.17, 15) is 0 Å². The molecule has 0 spiro atoms. The molecule has 0 radical (unpaired) electrons. The van der Waals surface area contributed by atoms with Gasteiger partial charge in [0.15, 0.2) is 0 Å². The van der Waals surface area contributed by atoms with Gasteiger partial charge in [0.1, 0.15) is 0 Å². The van der Waals surface area contributed by atoms with Crippen molar-refractivity contribution in [1.82, 2.24) is 0 Å². The maximum atomic E-state index is 2.34. The van der Waals surface area contributed by atoms with Crippen LogP contribution in [0.5, 0.6) is 0 Å². The zero-order valence-electron chi connectivity index (χ0n) is 19.8. The van der Waals surface area contributed by atoms with E-state index >= 15 is 0 Å². The van der Waals surface area contributed by atoms with Gasteiger partial charge in [-0.1, -0.05) is 124 Å². The van der Waals surface area contributed by atoms with Gasteiger partial charge in [0, 0.05) is 0 Å². The first-order valence-electron chi connectivity index (χ1n) is 12.1. The van der Waals surface area contributed by atoms with Crippen molar-refractivity contribution in [2.45, 2.75) is 26.2 Å². The molecule has 162 valence electrons. The predicted octanol–water partition coefficient (Wildman–Crippen LogP) is 9.85. The lowest BCUT2D eigenvalue weighted by Gasteiger charge is -2.26. The Morgan fingerprint density at radius 1 is 0.412 bits per heavy atom. The van der Waals surface area contributed by atoms with Crippen molar-refractivity contribution in [3.8, 4) is 11.1 Å². The van der Waals surface area contributed by atoms with E-state index in [2.05, 4.69) is 124 Å². The number of hydrogen-bond donors (Lipinski definition) is 0. The molecule has 7 aromatic carbocycles. The highest BCUT2D eigenvalue weighted by atomic mass is 14.3. The minimum absolute atomic E-state index is 0.0421. The second kappa shape index (κ2) is 6.81. The predicted molar refractivity (Wildman–Crippen MR) is 149 cm³/mol. The maximum absolute atomic E-state index is 2.34. The summed E-state index contributed by atoms with van der Waals surface area (Å²) in [5.41, 5.74) is 4.14. The fourth-order valence-corrected chi connectivity index (χ4v) is 6.18. The highest BCUT2D eigenvalue weighted by Gasteiger charge is 2.24. The Morgan fingerprint density at radius 2 is 0.912 bits per heavy atom. The van der Waals surface area contributed by atoms with Crippen molar-refractivity contribution < 1.29 is 0 Å². The topological polar surface area (TPSA) is 0 Å². The minimum Gasteiger partial charge on any atom is -0.0616 e. The van der Waals surface area contributed by atoms with Gasteiger partial charge in [0.2, 0.25) is 0 Å². The third kappa shape index (κ3) is 2.60. The standard InChI is InChI=1S/C34H26/c1-34(2,3)33-28-13-6-4-11-24(28)32(25-12-5-7-14-29(25)33)27-20-18-23-16-15-21-9-8-10-22-17-19-26(27)31(23)30(21)22/h4-20H,1-3H3. The molecule has 0 fully saturated rings. The quantitative estimate of drug-likeness (QED) is 0.178. The molecule has 0 saturated carbocycles. The van der Waals surface area contributed by atoms with Crippen LogP contribution in [0.3, 0.4) is 0 Å². The Labute approximate surface area is 199 Å². The van der Waals surface area contributed by atoms with Gasteiger partial charge in [-0.3, -0.25) is 0 Å². The summed E-state index contributed by atoms with van der Waals surface area (Å²) in [6.45, 7) is 6.99. The van der Waals surface area contributed by atoms with E-state index in [1.807, 2.05) is 0 Å². The Hall–Kier alpha value is -3.90. The summed E-state index contributed by atoms with van der Waals surface area (Å²) in [5, 5.41) is 13.4. The number of hydrogen-bond acceptors (Lipinski definition) is 0. The average molecular weight is 435 g/mol. The molecule has 0 nitrogen and oxygen atoms in total. The maximum Gasteiger partial charge on any atom is -0.00204 e. The van der Waals surface area contributed by atoms with Crippen LogP contribution in [-0.2, 0) is 5.41 Å². The van der Waals surface area contributed by atoms with Gasteiger partial charge in [-0.05, 0) is 76.0 Å². The van der Waals surface area contributed by atoms with Crippen LogP contribution >= 0.6 is 0 Å². The van der Waals surface area contributed by atoms with Gasteiger partial charge in [-0.15, -0.1) is 0 Å². The molecule has 0 aromatic heterocycles. The number of benzene rings is 7. The van der Waals surface area contributed by atoms with Crippen LogP contribution in [0.25, 0.3) is 65.0 Å². The molecule has 0 atom stereocenters. The molecular formula is C34H26. The lowest BCUT2D eigenvalue weighted by molar-refractivity contribution is 0.601. The van der Waals surface area contributed by atoms with Gasteiger partial charge in [0.05, 0.1) is 0 Å². The normalized spacial score (nSPS) is 12.6. The molecular weight excluding hydrogens is 408 g/mol. The fraction of sp³-hybridized carbons (Fsp3) is 0.118. The first-order valence-corrected chi connectivity index (χ1v) is 12.1. The van der Waals surface area contributed by atoms with Crippen molar-refractivity contribution in [1.29, 1.82) is 0 Å². The molecule has 34 heavy (non-hydrogen) atoms. The first kappa shape index (κ1) is 19.6. The summed E-state index contributed by atoms with van der Waals surface area (Å²) >= 11 is 0. The Bertz CT molecular complexity index is 1810. The van der Waals surface area contributed by atoms with Crippen LogP contribution in [0.4, 0.5) is 0 Å². The SMILES string of the molecule is CC(C)(C)c1c2ccccc2c(-c2ccc3ccc4cccc5ccc2c3c45)c2ccccc12. The molecule has 0 saturated heterocycles. The van der Waals surface area contributed by atoms with E-state index in [4.69, 9.17) is 0 Å². The molecule has 0 aliphatic rings. The molecule has 7 aromatic rings. The van der Waals surface area contributed by atoms with E-state index in [-0.39, 0.29) is 5.41 Å². The Balaban J connectivity index is 1.73. The summed E-state index contributed by atoms with van der Waals surface area (Å²) in [5.74, 6) is 0.